The molecular formula is C21H19N3O2S. The molecule has 0 radical (unpaired) electrons. The number of hydrogen-bond acceptors (Lipinski definition) is 4. The molecule has 136 valence electrons. The lowest BCUT2D eigenvalue weighted by molar-refractivity contribution is 0.102. The zero-order valence-corrected chi connectivity index (χ0v) is 16.1. The summed E-state index contributed by atoms with van der Waals surface area (Å²) >= 11 is 1.36. The summed E-state index contributed by atoms with van der Waals surface area (Å²) in [4.78, 5) is 31.9. The minimum Gasteiger partial charge on any atom is -0.322 e. The number of thiazole rings is 1. The van der Waals surface area contributed by atoms with Gasteiger partial charge in [0.1, 0.15) is 0 Å². The number of hydrogen-bond donors (Lipinski definition) is 2. The zero-order chi connectivity index (χ0) is 19.2. The monoisotopic (exact) mass is 377 g/mol. The van der Waals surface area contributed by atoms with E-state index in [1.807, 2.05) is 36.4 Å². The second-order valence-electron chi connectivity index (χ2n) is 7.50. The van der Waals surface area contributed by atoms with Crippen molar-refractivity contribution in [2.45, 2.75) is 26.2 Å². The van der Waals surface area contributed by atoms with Gasteiger partial charge in [-0.2, -0.15) is 0 Å². The Balaban J connectivity index is 1.70. The van der Waals surface area contributed by atoms with Crippen LogP contribution < -0.4 is 10.9 Å². The van der Waals surface area contributed by atoms with Gasteiger partial charge >= 0.3 is 0 Å². The lowest BCUT2D eigenvalue weighted by Gasteiger charge is -2.21. The number of anilines is 1. The summed E-state index contributed by atoms with van der Waals surface area (Å²) in [5.41, 5.74) is 2.80. The number of carbonyl (C=O) groups excluding carboxylic acids is 1. The van der Waals surface area contributed by atoms with E-state index < -0.39 is 0 Å². The molecule has 0 unspecified atom stereocenters. The van der Waals surface area contributed by atoms with Crippen molar-refractivity contribution in [2.75, 3.05) is 5.32 Å². The van der Waals surface area contributed by atoms with Crippen LogP contribution in [0.25, 0.3) is 21.1 Å². The molecule has 5 nitrogen and oxygen atoms in total. The molecule has 0 aliphatic rings. The molecule has 0 saturated carbocycles. The number of H-pyrrole nitrogens is 1. The van der Waals surface area contributed by atoms with Crippen LogP contribution >= 0.6 is 11.3 Å². The predicted octanol–water partition coefficient (Wildman–Crippen LogP) is 4.69. The van der Waals surface area contributed by atoms with Gasteiger partial charge in [-0.1, -0.05) is 39.0 Å². The average molecular weight is 377 g/mol. The van der Waals surface area contributed by atoms with Crippen LogP contribution in [0.15, 0.2) is 53.3 Å². The summed E-state index contributed by atoms with van der Waals surface area (Å²) in [5.74, 6) is -0.259. The van der Waals surface area contributed by atoms with Gasteiger partial charge in [-0.15, -0.1) is 11.3 Å². The van der Waals surface area contributed by atoms with Gasteiger partial charge in [0, 0.05) is 17.1 Å². The standard InChI is InChI=1S/C21H19N3O2S/c1-21(2,3)14-11-18(25)23-16-10-12(8-9-13(14)16)22-19(26)20-24-15-6-4-5-7-17(15)27-20/h4-11H,1-3H3,(H,22,26)(H,23,25). The Morgan fingerprint density at radius 3 is 2.63 bits per heavy atom. The van der Waals surface area contributed by atoms with E-state index in [4.69, 9.17) is 0 Å². The SMILES string of the molecule is CC(C)(C)c1cc(=O)[nH]c2cc(NC(=O)c3nc4ccccc4s3)ccc12. The molecular weight excluding hydrogens is 358 g/mol. The summed E-state index contributed by atoms with van der Waals surface area (Å²) < 4.78 is 0.973. The highest BCUT2D eigenvalue weighted by Gasteiger charge is 2.18. The topological polar surface area (TPSA) is 74.8 Å². The molecule has 2 N–H and O–H groups in total. The maximum atomic E-state index is 12.6. The molecule has 2 heterocycles. The first kappa shape index (κ1) is 17.4. The molecule has 4 aromatic rings. The molecule has 0 aliphatic heterocycles. The maximum Gasteiger partial charge on any atom is 0.284 e. The van der Waals surface area contributed by atoms with E-state index in [9.17, 15) is 9.59 Å². The molecule has 0 bridgehead atoms. The first-order valence-electron chi connectivity index (χ1n) is 8.66. The van der Waals surface area contributed by atoms with Crippen molar-refractivity contribution in [1.29, 1.82) is 0 Å². The molecule has 4 rings (SSSR count). The van der Waals surface area contributed by atoms with Crippen LogP contribution in [0.5, 0.6) is 0 Å². The van der Waals surface area contributed by atoms with Crippen molar-refractivity contribution in [2.24, 2.45) is 0 Å². The van der Waals surface area contributed by atoms with Crippen LogP contribution in [0.4, 0.5) is 5.69 Å². The molecule has 0 aliphatic carbocycles. The van der Waals surface area contributed by atoms with E-state index in [1.165, 1.54) is 11.3 Å². The number of rotatable bonds is 2. The number of para-hydroxylation sites is 1. The zero-order valence-electron chi connectivity index (χ0n) is 15.3. The van der Waals surface area contributed by atoms with Gasteiger partial charge < -0.3 is 10.3 Å². The van der Waals surface area contributed by atoms with Gasteiger partial charge in [0.25, 0.3) is 5.91 Å². The van der Waals surface area contributed by atoms with E-state index in [0.717, 1.165) is 21.2 Å². The third kappa shape index (κ3) is 3.36. The summed E-state index contributed by atoms with van der Waals surface area (Å²) in [7, 11) is 0. The number of nitrogens with zero attached hydrogens (tertiary/aromatic N) is 1. The van der Waals surface area contributed by atoms with Gasteiger partial charge in [0.2, 0.25) is 5.56 Å². The Bertz CT molecular complexity index is 1200. The second kappa shape index (κ2) is 6.32. The normalized spacial score (nSPS) is 11.8. The van der Waals surface area contributed by atoms with Gasteiger partial charge in [-0.25, -0.2) is 4.98 Å². The van der Waals surface area contributed by atoms with Crippen LogP contribution in [-0.4, -0.2) is 15.9 Å². The van der Waals surface area contributed by atoms with Crippen molar-refractivity contribution in [3.05, 3.63) is 69.5 Å². The first-order chi connectivity index (χ1) is 12.8. The fraction of sp³-hybridized carbons (Fsp3) is 0.190. The molecule has 2 aromatic heterocycles. The lowest BCUT2D eigenvalue weighted by atomic mass is 9.85. The summed E-state index contributed by atoms with van der Waals surface area (Å²) in [6.07, 6.45) is 0. The fourth-order valence-electron chi connectivity index (χ4n) is 3.11. The lowest BCUT2D eigenvalue weighted by Crippen LogP contribution is -2.17. The van der Waals surface area contributed by atoms with Crippen LogP contribution in [0.3, 0.4) is 0 Å². The summed E-state index contributed by atoms with van der Waals surface area (Å²) in [5, 5.41) is 4.26. The Morgan fingerprint density at radius 1 is 1.11 bits per heavy atom. The number of aromatic nitrogens is 2. The summed E-state index contributed by atoms with van der Waals surface area (Å²) in [6.45, 7) is 6.22. The number of amides is 1. The Hall–Kier alpha value is -2.99. The van der Waals surface area contributed by atoms with Gasteiger partial charge in [-0.05, 0) is 35.2 Å². The Morgan fingerprint density at radius 2 is 1.89 bits per heavy atom. The first-order valence-corrected chi connectivity index (χ1v) is 9.47. The van der Waals surface area contributed by atoms with Crippen LogP contribution in [0.2, 0.25) is 0 Å². The van der Waals surface area contributed by atoms with Crippen molar-refractivity contribution < 1.29 is 4.79 Å². The van der Waals surface area contributed by atoms with Gasteiger partial charge in [0.15, 0.2) is 5.01 Å². The molecule has 0 saturated heterocycles. The molecule has 2 aromatic carbocycles. The third-order valence-corrected chi connectivity index (χ3v) is 5.43. The number of nitrogens with one attached hydrogen (secondary N) is 2. The van der Waals surface area contributed by atoms with Crippen LogP contribution in [0, 0.1) is 0 Å². The largest absolute Gasteiger partial charge is 0.322 e. The van der Waals surface area contributed by atoms with Gasteiger partial charge in [0.05, 0.1) is 15.7 Å². The molecule has 27 heavy (non-hydrogen) atoms. The summed E-state index contributed by atoms with van der Waals surface area (Å²) in [6, 6.07) is 14.9. The fourth-order valence-corrected chi connectivity index (χ4v) is 3.97. The van der Waals surface area contributed by atoms with Crippen LogP contribution in [0.1, 0.15) is 36.1 Å². The smallest absolute Gasteiger partial charge is 0.284 e. The van der Waals surface area contributed by atoms with Crippen molar-refractivity contribution in [3.8, 4) is 0 Å². The van der Waals surface area contributed by atoms with E-state index in [1.54, 1.807) is 12.1 Å². The number of aromatic amines is 1. The number of carbonyl (C=O) groups is 1. The highest BCUT2D eigenvalue weighted by Crippen LogP contribution is 2.29. The quantitative estimate of drug-likeness (QED) is 0.532. The van der Waals surface area contributed by atoms with Gasteiger partial charge in [-0.3, -0.25) is 9.59 Å². The Labute approximate surface area is 160 Å². The van der Waals surface area contributed by atoms with E-state index >= 15 is 0 Å². The molecule has 1 amide bonds. The number of pyridine rings is 1. The van der Waals surface area contributed by atoms with Crippen LogP contribution in [-0.2, 0) is 5.41 Å². The third-order valence-electron chi connectivity index (χ3n) is 4.40. The highest BCUT2D eigenvalue weighted by atomic mass is 32.1. The molecule has 0 atom stereocenters. The van der Waals surface area contributed by atoms with E-state index in [0.29, 0.717) is 16.2 Å². The van der Waals surface area contributed by atoms with E-state index in [-0.39, 0.29) is 16.9 Å². The highest BCUT2D eigenvalue weighted by molar-refractivity contribution is 7.20. The minimum absolute atomic E-state index is 0.151. The number of fused-ring (bicyclic) bond motifs is 2. The van der Waals surface area contributed by atoms with E-state index in [2.05, 4.69) is 36.1 Å². The van der Waals surface area contributed by atoms with Crippen molar-refractivity contribution >= 4 is 44.1 Å². The van der Waals surface area contributed by atoms with Crippen molar-refractivity contribution in [3.63, 3.8) is 0 Å². The Kier molecular flexibility index (Phi) is 4.08. The molecule has 0 spiro atoms. The molecule has 0 fully saturated rings. The molecule has 6 heteroatoms. The minimum atomic E-state index is -0.259. The average Bonchev–Trinajstić information content (AvgIpc) is 3.04. The predicted molar refractivity (Wildman–Crippen MR) is 111 cm³/mol. The number of benzene rings is 2. The van der Waals surface area contributed by atoms with Crippen molar-refractivity contribution in [1.82, 2.24) is 9.97 Å². The second-order valence-corrected chi connectivity index (χ2v) is 8.53. The maximum absolute atomic E-state index is 12.6.